The van der Waals surface area contributed by atoms with Gasteiger partial charge in [0.25, 0.3) is 0 Å². The molecule has 0 spiro atoms. The minimum atomic E-state index is -0.354. The van der Waals surface area contributed by atoms with E-state index in [0.717, 1.165) is 19.4 Å². The van der Waals surface area contributed by atoms with Crippen molar-refractivity contribution in [3.8, 4) is 0 Å². The highest BCUT2D eigenvalue weighted by Crippen LogP contribution is 2.05. The number of esters is 1. The van der Waals surface area contributed by atoms with E-state index < -0.39 is 0 Å². The van der Waals surface area contributed by atoms with Crippen molar-refractivity contribution in [2.24, 2.45) is 0 Å². The third kappa shape index (κ3) is 6.66. The Labute approximate surface area is 86.5 Å². The Morgan fingerprint density at radius 2 is 2.21 bits per heavy atom. The molecule has 0 aliphatic heterocycles. The second kappa shape index (κ2) is 8.75. The van der Waals surface area contributed by atoms with Crippen LogP contribution in [-0.2, 0) is 9.53 Å². The highest BCUT2D eigenvalue weighted by molar-refractivity contribution is 5.81. The van der Waals surface area contributed by atoms with Gasteiger partial charge >= 0.3 is 5.97 Å². The van der Waals surface area contributed by atoms with Gasteiger partial charge < -0.3 is 4.74 Å². The third-order valence-corrected chi connectivity index (χ3v) is 1.93. The Balaban J connectivity index is 3.76. The quantitative estimate of drug-likeness (QED) is 0.282. The largest absolute Gasteiger partial charge is 0.443 e. The molecular formula is C11H21NO2. The SMILES string of the molecule is C=CC(=O)OC(CCCCC)NCC. The first-order valence-electron chi connectivity index (χ1n) is 5.31. The molecule has 3 nitrogen and oxygen atoms in total. The monoisotopic (exact) mass is 199 g/mol. The number of rotatable bonds is 8. The highest BCUT2D eigenvalue weighted by atomic mass is 16.6. The standard InChI is InChI=1S/C11H21NO2/c1-4-7-8-9-10(12-6-3)14-11(13)5-2/h5,10,12H,2,4,6-9H2,1,3H3. The Morgan fingerprint density at radius 1 is 1.50 bits per heavy atom. The minimum absolute atomic E-state index is 0.156. The summed E-state index contributed by atoms with van der Waals surface area (Å²) in [4.78, 5) is 10.9. The van der Waals surface area contributed by atoms with Gasteiger partial charge in [-0.15, -0.1) is 0 Å². The van der Waals surface area contributed by atoms with E-state index in [0.29, 0.717) is 0 Å². The van der Waals surface area contributed by atoms with Crippen LogP contribution in [-0.4, -0.2) is 18.7 Å². The zero-order chi connectivity index (χ0) is 10.8. The van der Waals surface area contributed by atoms with Crippen molar-refractivity contribution < 1.29 is 9.53 Å². The lowest BCUT2D eigenvalue weighted by molar-refractivity contribution is -0.144. The molecule has 82 valence electrons. The molecule has 0 aliphatic rings. The first-order valence-corrected chi connectivity index (χ1v) is 5.31. The number of unbranched alkanes of at least 4 members (excludes halogenated alkanes) is 2. The lowest BCUT2D eigenvalue weighted by Crippen LogP contribution is -2.33. The van der Waals surface area contributed by atoms with E-state index in [9.17, 15) is 4.79 Å². The van der Waals surface area contributed by atoms with Crippen LogP contribution in [0.25, 0.3) is 0 Å². The van der Waals surface area contributed by atoms with Crippen molar-refractivity contribution in [1.82, 2.24) is 5.32 Å². The van der Waals surface area contributed by atoms with Gasteiger partial charge in [-0.3, -0.25) is 5.32 Å². The molecule has 0 saturated heterocycles. The van der Waals surface area contributed by atoms with Crippen LogP contribution in [0.2, 0.25) is 0 Å². The van der Waals surface area contributed by atoms with Crippen LogP contribution in [0.5, 0.6) is 0 Å². The average molecular weight is 199 g/mol. The number of ether oxygens (including phenoxy) is 1. The van der Waals surface area contributed by atoms with E-state index in [1.54, 1.807) is 0 Å². The van der Waals surface area contributed by atoms with Crippen LogP contribution in [0.3, 0.4) is 0 Å². The highest BCUT2D eigenvalue weighted by Gasteiger charge is 2.09. The predicted octanol–water partition coefficient (Wildman–Crippen LogP) is 2.23. The van der Waals surface area contributed by atoms with Gasteiger partial charge in [0.1, 0.15) is 0 Å². The van der Waals surface area contributed by atoms with Gasteiger partial charge in [0.2, 0.25) is 0 Å². The third-order valence-electron chi connectivity index (χ3n) is 1.93. The average Bonchev–Trinajstić information content (AvgIpc) is 2.18. The van der Waals surface area contributed by atoms with Crippen LogP contribution in [0.1, 0.15) is 39.5 Å². The summed E-state index contributed by atoms with van der Waals surface area (Å²) in [5.74, 6) is -0.354. The van der Waals surface area contributed by atoms with Gasteiger partial charge in [-0.2, -0.15) is 0 Å². The predicted molar refractivity (Wildman–Crippen MR) is 57.9 cm³/mol. The smallest absolute Gasteiger partial charge is 0.331 e. The molecule has 0 aliphatic carbocycles. The Morgan fingerprint density at radius 3 is 2.71 bits per heavy atom. The van der Waals surface area contributed by atoms with E-state index in [4.69, 9.17) is 4.74 Å². The zero-order valence-electron chi connectivity index (χ0n) is 9.21. The van der Waals surface area contributed by atoms with Gasteiger partial charge in [0.05, 0.1) is 0 Å². The van der Waals surface area contributed by atoms with Gasteiger partial charge in [-0.25, -0.2) is 4.79 Å². The zero-order valence-corrected chi connectivity index (χ0v) is 9.21. The van der Waals surface area contributed by atoms with Crippen molar-refractivity contribution in [2.45, 2.75) is 45.8 Å². The second-order valence-electron chi connectivity index (χ2n) is 3.18. The molecule has 14 heavy (non-hydrogen) atoms. The fraction of sp³-hybridized carbons (Fsp3) is 0.727. The number of carbonyl (C=O) groups excluding carboxylic acids is 1. The maximum absolute atomic E-state index is 10.9. The molecule has 0 aromatic rings. The molecule has 0 aromatic heterocycles. The molecule has 0 aromatic carbocycles. The lowest BCUT2D eigenvalue weighted by Gasteiger charge is -2.17. The summed E-state index contributed by atoms with van der Waals surface area (Å²) in [6.07, 6.45) is 5.35. The molecule has 0 rings (SSSR count). The number of hydrogen-bond acceptors (Lipinski definition) is 3. The van der Waals surface area contributed by atoms with Crippen molar-refractivity contribution in [1.29, 1.82) is 0 Å². The topological polar surface area (TPSA) is 38.3 Å². The molecule has 1 N–H and O–H groups in total. The molecule has 0 heterocycles. The van der Waals surface area contributed by atoms with Crippen LogP contribution in [0.15, 0.2) is 12.7 Å². The van der Waals surface area contributed by atoms with Crippen LogP contribution in [0.4, 0.5) is 0 Å². The van der Waals surface area contributed by atoms with Crippen LogP contribution < -0.4 is 5.32 Å². The summed E-state index contributed by atoms with van der Waals surface area (Å²) < 4.78 is 5.12. The summed E-state index contributed by atoms with van der Waals surface area (Å²) in [6.45, 7) is 8.32. The Bertz CT molecular complexity index is 169. The van der Waals surface area contributed by atoms with Crippen molar-refractivity contribution in [3.05, 3.63) is 12.7 Å². The van der Waals surface area contributed by atoms with Crippen molar-refractivity contribution in [3.63, 3.8) is 0 Å². The second-order valence-corrected chi connectivity index (χ2v) is 3.18. The molecule has 0 fully saturated rings. The van der Waals surface area contributed by atoms with Crippen LogP contribution >= 0.6 is 0 Å². The summed E-state index contributed by atoms with van der Waals surface area (Å²) in [7, 11) is 0. The van der Waals surface area contributed by atoms with Crippen molar-refractivity contribution >= 4 is 5.97 Å². The molecule has 1 atom stereocenters. The van der Waals surface area contributed by atoms with E-state index in [1.807, 2.05) is 6.92 Å². The summed E-state index contributed by atoms with van der Waals surface area (Å²) >= 11 is 0. The van der Waals surface area contributed by atoms with E-state index >= 15 is 0 Å². The summed E-state index contributed by atoms with van der Waals surface area (Å²) in [6, 6.07) is 0. The first-order chi connectivity index (χ1) is 6.74. The van der Waals surface area contributed by atoms with Gasteiger partial charge in [-0.05, 0) is 19.4 Å². The van der Waals surface area contributed by atoms with Gasteiger partial charge in [-0.1, -0.05) is 33.3 Å². The summed E-state index contributed by atoms with van der Waals surface area (Å²) in [5, 5.41) is 3.12. The molecule has 0 saturated carbocycles. The van der Waals surface area contributed by atoms with Gasteiger partial charge in [0, 0.05) is 6.08 Å². The number of hydrogen-bond donors (Lipinski definition) is 1. The molecule has 3 heteroatoms. The summed E-state index contributed by atoms with van der Waals surface area (Å²) in [5.41, 5.74) is 0. The molecule has 0 bridgehead atoms. The van der Waals surface area contributed by atoms with E-state index in [-0.39, 0.29) is 12.2 Å². The maximum atomic E-state index is 10.9. The van der Waals surface area contributed by atoms with E-state index in [2.05, 4.69) is 18.8 Å². The minimum Gasteiger partial charge on any atom is -0.443 e. The van der Waals surface area contributed by atoms with Gasteiger partial charge in [0.15, 0.2) is 6.23 Å². The Kier molecular flexibility index (Phi) is 8.24. The fourth-order valence-corrected chi connectivity index (χ4v) is 1.20. The first kappa shape index (κ1) is 13.2. The van der Waals surface area contributed by atoms with Crippen molar-refractivity contribution in [2.75, 3.05) is 6.54 Å². The fourth-order valence-electron chi connectivity index (χ4n) is 1.20. The molecule has 0 radical (unpaired) electrons. The normalized spacial score (nSPS) is 12.1. The number of carbonyl (C=O) groups is 1. The Hall–Kier alpha value is -0.830. The van der Waals surface area contributed by atoms with Crippen LogP contribution in [0, 0.1) is 0 Å². The van der Waals surface area contributed by atoms with E-state index in [1.165, 1.54) is 18.9 Å². The molecule has 1 unspecified atom stereocenters. The molecular weight excluding hydrogens is 178 g/mol. The lowest BCUT2D eigenvalue weighted by atomic mass is 10.2. The maximum Gasteiger partial charge on any atom is 0.331 e. The number of nitrogens with one attached hydrogen (secondary N) is 1. The molecule has 0 amide bonds.